The van der Waals surface area contributed by atoms with Crippen molar-refractivity contribution in [2.75, 3.05) is 31.1 Å². The van der Waals surface area contributed by atoms with Crippen LogP contribution in [0.1, 0.15) is 11.1 Å². The Morgan fingerprint density at radius 2 is 1.87 bits per heavy atom. The third kappa shape index (κ3) is 4.19. The molecule has 1 N–H and O–H groups in total. The zero-order chi connectivity index (χ0) is 16.2. The van der Waals surface area contributed by atoms with Crippen LogP contribution in [0.5, 0.6) is 0 Å². The molecule has 3 rings (SSSR count). The number of nitrogens with zero attached hydrogens (tertiary/aromatic N) is 1. The molecule has 1 aliphatic rings. The minimum atomic E-state index is -0.125. The predicted octanol–water partition coefficient (Wildman–Crippen LogP) is 4.49. The van der Waals surface area contributed by atoms with Crippen molar-refractivity contribution < 1.29 is 4.39 Å². The monoisotopic (exact) mass is 350 g/mol. The summed E-state index contributed by atoms with van der Waals surface area (Å²) in [6.45, 7) is 5.47. The molecule has 23 heavy (non-hydrogen) atoms. The van der Waals surface area contributed by atoms with E-state index in [0.717, 1.165) is 53.1 Å². The Morgan fingerprint density at radius 3 is 2.57 bits per heavy atom. The van der Waals surface area contributed by atoms with Gasteiger partial charge in [0.2, 0.25) is 0 Å². The number of hydrogen-bond acceptors (Lipinski definition) is 3. The van der Waals surface area contributed by atoms with Crippen LogP contribution in [0.4, 0.5) is 10.1 Å². The molecule has 5 heteroatoms. The molecule has 2 nitrogen and oxygen atoms in total. The lowest BCUT2D eigenvalue weighted by Crippen LogP contribution is -2.43. The van der Waals surface area contributed by atoms with Crippen molar-refractivity contribution in [2.24, 2.45) is 0 Å². The van der Waals surface area contributed by atoms with Gasteiger partial charge in [0.25, 0.3) is 0 Å². The molecule has 1 fully saturated rings. The van der Waals surface area contributed by atoms with Crippen LogP contribution in [-0.2, 0) is 5.75 Å². The normalized spacial score (nSPS) is 15.0. The average molecular weight is 351 g/mol. The second-order valence-corrected chi connectivity index (χ2v) is 7.17. The van der Waals surface area contributed by atoms with Gasteiger partial charge in [0.1, 0.15) is 5.82 Å². The van der Waals surface area contributed by atoms with Crippen molar-refractivity contribution in [3.05, 3.63) is 58.4 Å². The molecule has 1 heterocycles. The van der Waals surface area contributed by atoms with E-state index in [-0.39, 0.29) is 5.82 Å². The fraction of sp³-hybridized carbons (Fsp3) is 0.333. The summed E-state index contributed by atoms with van der Waals surface area (Å²) in [6.07, 6.45) is 0. The zero-order valence-electron chi connectivity index (χ0n) is 13.1. The standard InChI is InChI=1S/C18H20ClFN2S/c1-13-10-16(20)17(22-8-6-21-7-9-22)11-18(13)23-12-14-2-4-15(19)5-3-14/h2-5,10-11,21H,6-9,12H2,1H3. The first kappa shape index (κ1) is 16.6. The fourth-order valence-corrected chi connectivity index (χ4v) is 3.81. The Labute approximate surface area is 146 Å². The first-order valence-corrected chi connectivity index (χ1v) is 9.13. The number of anilines is 1. The fourth-order valence-electron chi connectivity index (χ4n) is 2.69. The van der Waals surface area contributed by atoms with Crippen molar-refractivity contribution >= 4 is 29.1 Å². The van der Waals surface area contributed by atoms with E-state index in [1.807, 2.05) is 37.3 Å². The van der Waals surface area contributed by atoms with E-state index in [4.69, 9.17) is 11.6 Å². The van der Waals surface area contributed by atoms with E-state index in [1.165, 1.54) is 5.56 Å². The van der Waals surface area contributed by atoms with Crippen LogP contribution in [0, 0.1) is 12.7 Å². The van der Waals surface area contributed by atoms with Gasteiger partial charge >= 0.3 is 0 Å². The van der Waals surface area contributed by atoms with Crippen LogP contribution in [0.3, 0.4) is 0 Å². The molecular formula is C18H20ClFN2S. The lowest BCUT2D eigenvalue weighted by atomic mass is 10.2. The Morgan fingerprint density at radius 1 is 1.17 bits per heavy atom. The van der Waals surface area contributed by atoms with Crippen molar-refractivity contribution in [3.63, 3.8) is 0 Å². The van der Waals surface area contributed by atoms with Crippen molar-refractivity contribution in [1.82, 2.24) is 5.32 Å². The zero-order valence-corrected chi connectivity index (χ0v) is 14.7. The molecule has 0 amide bonds. The van der Waals surface area contributed by atoms with Gasteiger partial charge < -0.3 is 10.2 Å². The Bertz CT molecular complexity index is 669. The van der Waals surface area contributed by atoms with E-state index in [1.54, 1.807) is 17.8 Å². The second kappa shape index (κ2) is 7.56. The predicted molar refractivity (Wildman–Crippen MR) is 97.2 cm³/mol. The number of nitrogens with one attached hydrogen (secondary N) is 1. The molecule has 0 unspecified atom stereocenters. The van der Waals surface area contributed by atoms with Gasteiger partial charge in [0, 0.05) is 41.8 Å². The van der Waals surface area contributed by atoms with E-state index in [0.29, 0.717) is 0 Å². The highest BCUT2D eigenvalue weighted by molar-refractivity contribution is 7.98. The van der Waals surface area contributed by atoms with Crippen LogP contribution in [0.25, 0.3) is 0 Å². The summed E-state index contributed by atoms with van der Waals surface area (Å²) in [5.41, 5.74) is 2.92. The maximum absolute atomic E-state index is 14.3. The minimum Gasteiger partial charge on any atom is -0.367 e. The van der Waals surface area contributed by atoms with Crippen LogP contribution in [-0.4, -0.2) is 26.2 Å². The van der Waals surface area contributed by atoms with E-state index in [9.17, 15) is 4.39 Å². The summed E-state index contributed by atoms with van der Waals surface area (Å²) >= 11 is 7.66. The van der Waals surface area contributed by atoms with Gasteiger partial charge in [0.05, 0.1) is 5.69 Å². The molecule has 0 spiro atoms. The molecule has 0 saturated carbocycles. The minimum absolute atomic E-state index is 0.125. The SMILES string of the molecule is Cc1cc(F)c(N2CCNCC2)cc1SCc1ccc(Cl)cc1. The summed E-state index contributed by atoms with van der Waals surface area (Å²) in [4.78, 5) is 3.26. The summed E-state index contributed by atoms with van der Waals surface area (Å²) in [7, 11) is 0. The number of piperazine rings is 1. The maximum Gasteiger partial charge on any atom is 0.146 e. The van der Waals surface area contributed by atoms with E-state index >= 15 is 0 Å². The lowest BCUT2D eigenvalue weighted by molar-refractivity contribution is 0.565. The topological polar surface area (TPSA) is 15.3 Å². The maximum atomic E-state index is 14.3. The van der Waals surface area contributed by atoms with Crippen molar-refractivity contribution in [3.8, 4) is 0 Å². The second-order valence-electron chi connectivity index (χ2n) is 5.72. The van der Waals surface area contributed by atoms with Gasteiger partial charge in [-0.1, -0.05) is 23.7 Å². The van der Waals surface area contributed by atoms with Gasteiger partial charge in [-0.3, -0.25) is 0 Å². The smallest absolute Gasteiger partial charge is 0.146 e. The number of halogens is 2. The average Bonchev–Trinajstić information content (AvgIpc) is 2.56. The summed E-state index contributed by atoms with van der Waals surface area (Å²) in [5.74, 6) is 0.727. The molecule has 2 aromatic carbocycles. The highest BCUT2D eigenvalue weighted by atomic mass is 35.5. The third-order valence-electron chi connectivity index (χ3n) is 4.01. The van der Waals surface area contributed by atoms with Gasteiger partial charge in [0.15, 0.2) is 0 Å². The molecule has 2 aromatic rings. The Balaban J connectivity index is 1.76. The largest absolute Gasteiger partial charge is 0.367 e. The molecule has 122 valence electrons. The van der Waals surface area contributed by atoms with Gasteiger partial charge in [-0.25, -0.2) is 4.39 Å². The van der Waals surface area contributed by atoms with Crippen molar-refractivity contribution in [1.29, 1.82) is 0 Å². The number of benzene rings is 2. The quantitative estimate of drug-likeness (QED) is 0.818. The van der Waals surface area contributed by atoms with Crippen molar-refractivity contribution in [2.45, 2.75) is 17.6 Å². The van der Waals surface area contributed by atoms with Gasteiger partial charge in [-0.15, -0.1) is 11.8 Å². The molecule has 0 aromatic heterocycles. The number of aryl methyl sites for hydroxylation is 1. The van der Waals surface area contributed by atoms with Crippen LogP contribution >= 0.6 is 23.4 Å². The molecule has 1 saturated heterocycles. The number of thioether (sulfide) groups is 1. The van der Waals surface area contributed by atoms with E-state index in [2.05, 4.69) is 10.2 Å². The molecule has 0 radical (unpaired) electrons. The molecule has 0 aliphatic carbocycles. The van der Waals surface area contributed by atoms with Crippen LogP contribution < -0.4 is 10.2 Å². The summed E-state index contributed by atoms with van der Waals surface area (Å²) in [5, 5.41) is 4.05. The van der Waals surface area contributed by atoms with Crippen LogP contribution in [0.15, 0.2) is 41.3 Å². The van der Waals surface area contributed by atoms with E-state index < -0.39 is 0 Å². The first-order valence-electron chi connectivity index (χ1n) is 7.76. The van der Waals surface area contributed by atoms with Gasteiger partial charge in [-0.2, -0.15) is 0 Å². The molecule has 0 atom stereocenters. The lowest BCUT2D eigenvalue weighted by Gasteiger charge is -2.30. The summed E-state index contributed by atoms with van der Waals surface area (Å²) in [6, 6.07) is 11.5. The Hall–Kier alpha value is -1.23. The highest BCUT2D eigenvalue weighted by Crippen LogP contribution is 2.32. The number of rotatable bonds is 4. The third-order valence-corrected chi connectivity index (χ3v) is 5.49. The van der Waals surface area contributed by atoms with Crippen LogP contribution in [0.2, 0.25) is 5.02 Å². The Kier molecular flexibility index (Phi) is 5.46. The first-order chi connectivity index (χ1) is 11.1. The summed E-state index contributed by atoms with van der Waals surface area (Å²) < 4.78 is 14.3. The highest BCUT2D eigenvalue weighted by Gasteiger charge is 2.16. The number of hydrogen-bond donors (Lipinski definition) is 1. The molecule has 0 bridgehead atoms. The van der Waals surface area contributed by atoms with Gasteiger partial charge in [-0.05, 0) is 42.3 Å². The molecular weight excluding hydrogens is 331 g/mol. The molecule has 1 aliphatic heterocycles.